The molecule has 3 nitrogen and oxygen atoms in total. The van der Waals surface area contributed by atoms with Gasteiger partial charge in [-0.05, 0) is 38.0 Å². The van der Waals surface area contributed by atoms with E-state index in [1.165, 1.54) is 31.2 Å². The van der Waals surface area contributed by atoms with Crippen molar-refractivity contribution in [3.05, 3.63) is 23.8 Å². The lowest BCUT2D eigenvalue weighted by Gasteiger charge is -2.21. The molecule has 1 heterocycles. The normalized spacial score (nSPS) is 17.1. The second kappa shape index (κ2) is 8.28. The van der Waals surface area contributed by atoms with Gasteiger partial charge in [0.15, 0.2) is 11.5 Å². The summed E-state index contributed by atoms with van der Waals surface area (Å²) in [5.74, 6) is 1.76. The highest BCUT2D eigenvalue weighted by Crippen LogP contribution is 2.32. The molecule has 0 saturated carbocycles. The molecule has 118 valence electrons. The fourth-order valence-corrected chi connectivity index (χ4v) is 2.76. The van der Waals surface area contributed by atoms with Crippen molar-refractivity contribution in [3.8, 4) is 11.5 Å². The van der Waals surface area contributed by atoms with E-state index in [-0.39, 0.29) is 0 Å². The Balaban J connectivity index is 1.93. The third-order valence-corrected chi connectivity index (χ3v) is 4.05. The van der Waals surface area contributed by atoms with E-state index in [0.29, 0.717) is 12.1 Å². The first-order valence-corrected chi connectivity index (χ1v) is 8.36. The van der Waals surface area contributed by atoms with Gasteiger partial charge in [0.2, 0.25) is 0 Å². The zero-order valence-electron chi connectivity index (χ0n) is 13.7. The third-order valence-electron chi connectivity index (χ3n) is 4.05. The number of benzene rings is 1. The Morgan fingerprint density at radius 1 is 1.10 bits per heavy atom. The zero-order chi connectivity index (χ0) is 15.1. The van der Waals surface area contributed by atoms with Crippen LogP contribution in [0.3, 0.4) is 0 Å². The lowest BCUT2D eigenvalue weighted by molar-refractivity contribution is 0.297. The highest BCUT2D eigenvalue weighted by atomic mass is 16.5. The standard InChI is InChI=1S/C18H29NO2/c1-4-5-6-8-14(2)19-15(3)16-9-10-17-18(13-16)21-12-7-11-20-17/h9-10,13-15,19H,4-8,11-12H2,1-3H3. The van der Waals surface area contributed by atoms with E-state index < -0.39 is 0 Å². The number of hydrogen-bond donors (Lipinski definition) is 1. The molecule has 3 heteroatoms. The number of nitrogens with one attached hydrogen (secondary N) is 1. The SMILES string of the molecule is CCCCCC(C)NC(C)c1ccc2c(c1)OCCCO2. The van der Waals surface area contributed by atoms with Crippen LogP contribution in [0.4, 0.5) is 0 Å². The minimum absolute atomic E-state index is 0.332. The molecular weight excluding hydrogens is 262 g/mol. The molecule has 21 heavy (non-hydrogen) atoms. The van der Waals surface area contributed by atoms with Crippen LogP contribution < -0.4 is 14.8 Å². The van der Waals surface area contributed by atoms with E-state index in [2.05, 4.69) is 38.2 Å². The second-order valence-electron chi connectivity index (χ2n) is 6.04. The molecule has 0 bridgehead atoms. The van der Waals surface area contributed by atoms with E-state index in [0.717, 1.165) is 31.1 Å². The van der Waals surface area contributed by atoms with E-state index >= 15 is 0 Å². The molecule has 2 unspecified atom stereocenters. The largest absolute Gasteiger partial charge is 0.490 e. The predicted molar refractivity (Wildman–Crippen MR) is 87.2 cm³/mol. The maximum atomic E-state index is 5.77. The average molecular weight is 291 g/mol. The maximum Gasteiger partial charge on any atom is 0.161 e. The quantitative estimate of drug-likeness (QED) is 0.752. The molecule has 0 amide bonds. The number of fused-ring (bicyclic) bond motifs is 1. The summed E-state index contributed by atoms with van der Waals surface area (Å²) in [6, 6.07) is 7.18. The van der Waals surface area contributed by atoms with Crippen LogP contribution in [0.25, 0.3) is 0 Å². The smallest absolute Gasteiger partial charge is 0.161 e. The Morgan fingerprint density at radius 3 is 2.62 bits per heavy atom. The Hall–Kier alpha value is -1.22. The molecule has 1 aliphatic heterocycles. The lowest BCUT2D eigenvalue weighted by atomic mass is 10.0. The first kappa shape index (κ1) is 16.2. The van der Waals surface area contributed by atoms with Crippen molar-refractivity contribution < 1.29 is 9.47 Å². The van der Waals surface area contributed by atoms with Gasteiger partial charge >= 0.3 is 0 Å². The zero-order valence-corrected chi connectivity index (χ0v) is 13.7. The topological polar surface area (TPSA) is 30.5 Å². The van der Waals surface area contributed by atoms with Crippen molar-refractivity contribution in [2.24, 2.45) is 0 Å². The molecule has 1 aromatic rings. The fraction of sp³-hybridized carbons (Fsp3) is 0.667. The van der Waals surface area contributed by atoms with Gasteiger partial charge in [-0.3, -0.25) is 0 Å². The molecule has 0 aromatic heterocycles. The number of rotatable bonds is 7. The Morgan fingerprint density at radius 2 is 1.86 bits per heavy atom. The predicted octanol–water partition coefficient (Wildman–Crippen LogP) is 4.47. The van der Waals surface area contributed by atoms with Crippen LogP contribution in [0.15, 0.2) is 18.2 Å². The molecular formula is C18H29NO2. The van der Waals surface area contributed by atoms with Crippen molar-refractivity contribution in [1.29, 1.82) is 0 Å². The number of unbranched alkanes of at least 4 members (excludes halogenated alkanes) is 2. The summed E-state index contributed by atoms with van der Waals surface area (Å²) in [4.78, 5) is 0. The van der Waals surface area contributed by atoms with Gasteiger partial charge in [-0.15, -0.1) is 0 Å². The monoisotopic (exact) mass is 291 g/mol. The van der Waals surface area contributed by atoms with Crippen molar-refractivity contribution >= 4 is 0 Å². The first-order chi connectivity index (χ1) is 10.2. The molecule has 2 atom stereocenters. The second-order valence-corrected chi connectivity index (χ2v) is 6.04. The van der Waals surface area contributed by atoms with Crippen molar-refractivity contribution in [1.82, 2.24) is 5.32 Å². The fourth-order valence-electron chi connectivity index (χ4n) is 2.76. The maximum absolute atomic E-state index is 5.77. The van der Waals surface area contributed by atoms with E-state index in [1.54, 1.807) is 0 Å². The molecule has 0 fully saturated rings. The molecule has 0 spiro atoms. The summed E-state index contributed by atoms with van der Waals surface area (Å²) in [7, 11) is 0. The summed E-state index contributed by atoms with van der Waals surface area (Å²) in [6.07, 6.45) is 6.10. The molecule has 0 aliphatic carbocycles. The minimum atomic E-state index is 0.332. The van der Waals surface area contributed by atoms with Gasteiger partial charge in [-0.1, -0.05) is 32.3 Å². The minimum Gasteiger partial charge on any atom is -0.490 e. The van der Waals surface area contributed by atoms with Gasteiger partial charge in [0.25, 0.3) is 0 Å². The molecule has 1 aliphatic rings. The lowest BCUT2D eigenvalue weighted by Crippen LogP contribution is -2.28. The van der Waals surface area contributed by atoms with Gasteiger partial charge in [-0.2, -0.15) is 0 Å². The third kappa shape index (κ3) is 4.92. The molecule has 2 rings (SSSR count). The number of hydrogen-bond acceptors (Lipinski definition) is 3. The van der Waals surface area contributed by atoms with Crippen LogP contribution in [0.5, 0.6) is 11.5 Å². The summed E-state index contributed by atoms with van der Waals surface area (Å²) in [5.41, 5.74) is 1.27. The summed E-state index contributed by atoms with van der Waals surface area (Å²) in [6.45, 7) is 8.23. The Bertz CT molecular complexity index is 433. The van der Waals surface area contributed by atoms with Gasteiger partial charge in [-0.25, -0.2) is 0 Å². The summed E-state index contributed by atoms with van der Waals surface area (Å²) < 4.78 is 11.5. The Labute approximate surface area is 129 Å². The highest BCUT2D eigenvalue weighted by molar-refractivity contribution is 5.44. The van der Waals surface area contributed by atoms with Crippen molar-refractivity contribution in [2.45, 2.75) is 65.0 Å². The van der Waals surface area contributed by atoms with Crippen LogP contribution >= 0.6 is 0 Å². The van der Waals surface area contributed by atoms with Crippen LogP contribution in [-0.2, 0) is 0 Å². The van der Waals surface area contributed by atoms with Crippen molar-refractivity contribution in [2.75, 3.05) is 13.2 Å². The van der Waals surface area contributed by atoms with E-state index in [9.17, 15) is 0 Å². The molecule has 0 saturated heterocycles. The summed E-state index contributed by atoms with van der Waals surface area (Å²) in [5, 5.41) is 3.68. The highest BCUT2D eigenvalue weighted by Gasteiger charge is 2.14. The van der Waals surface area contributed by atoms with Gasteiger partial charge in [0.1, 0.15) is 0 Å². The van der Waals surface area contributed by atoms with Crippen LogP contribution in [0.2, 0.25) is 0 Å². The molecule has 0 radical (unpaired) electrons. The van der Waals surface area contributed by atoms with Crippen LogP contribution in [0.1, 0.15) is 64.5 Å². The first-order valence-electron chi connectivity index (χ1n) is 8.36. The van der Waals surface area contributed by atoms with E-state index in [4.69, 9.17) is 9.47 Å². The Kier molecular flexibility index (Phi) is 6.37. The molecule has 1 aromatic carbocycles. The van der Waals surface area contributed by atoms with Gasteiger partial charge in [0, 0.05) is 18.5 Å². The summed E-state index contributed by atoms with van der Waals surface area (Å²) >= 11 is 0. The van der Waals surface area contributed by atoms with Crippen molar-refractivity contribution in [3.63, 3.8) is 0 Å². The van der Waals surface area contributed by atoms with Crippen LogP contribution in [0, 0.1) is 0 Å². The average Bonchev–Trinajstić information content (AvgIpc) is 2.71. The van der Waals surface area contributed by atoms with Gasteiger partial charge in [0.05, 0.1) is 13.2 Å². The van der Waals surface area contributed by atoms with Crippen LogP contribution in [-0.4, -0.2) is 19.3 Å². The number of ether oxygens (including phenoxy) is 2. The molecule has 1 N–H and O–H groups in total. The van der Waals surface area contributed by atoms with E-state index in [1.807, 2.05) is 6.07 Å². The van der Waals surface area contributed by atoms with Gasteiger partial charge < -0.3 is 14.8 Å².